The van der Waals surface area contributed by atoms with Crippen molar-refractivity contribution in [2.75, 3.05) is 13.1 Å². The summed E-state index contributed by atoms with van der Waals surface area (Å²) in [6.07, 6.45) is 7.00. The smallest absolute Gasteiger partial charge is 0.224 e. The minimum absolute atomic E-state index is 0.222. The number of hydrogen-bond acceptors (Lipinski definition) is 3. The minimum Gasteiger partial charge on any atom is -0.338 e. The lowest BCUT2D eigenvalue weighted by Gasteiger charge is -2.29. The van der Waals surface area contributed by atoms with Crippen LogP contribution in [0.5, 0.6) is 0 Å². The number of nitrogens with one attached hydrogen (secondary N) is 1. The molecule has 1 aliphatic heterocycles. The molecular formula is C22H24N4O. The van der Waals surface area contributed by atoms with Crippen LogP contribution in [-0.4, -0.2) is 33.4 Å². The molecule has 0 aliphatic carbocycles. The maximum Gasteiger partial charge on any atom is 0.224 e. The largest absolute Gasteiger partial charge is 0.338 e. The first-order valence-electron chi connectivity index (χ1n) is 9.43. The molecule has 0 spiro atoms. The van der Waals surface area contributed by atoms with Crippen LogP contribution in [0, 0.1) is 0 Å². The van der Waals surface area contributed by atoms with E-state index in [2.05, 4.69) is 40.6 Å². The Hall–Kier alpha value is -2.92. The molecule has 0 bridgehead atoms. The number of para-hydroxylation sites is 1. The van der Waals surface area contributed by atoms with Crippen molar-refractivity contribution in [1.29, 1.82) is 0 Å². The molecule has 0 saturated carbocycles. The third-order valence-corrected chi connectivity index (χ3v) is 5.09. The summed E-state index contributed by atoms with van der Waals surface area (Å²) in [5.74, 6) is 0.222. The van der Waals surface area contributed by atoms with Crippen molar-refractivity contribution in [3.63, 3.8) is 0 Å². The zero-order chi connectivity index (χ0) is 18.5. The van der Waals surface area contributed by atoms with Crippen molar-refractivity contribution < 1.29 is 4.79 Å². The molecule has 0 fully saturated rings. The van der Waals surface area contributed by atoms with Crippen LogP contribution in [0.15, 0.2) is 67.3 Å². The molecule has 0 unspecified atom stereocenters. The Kier molecular flexibility index (Phi) is 5.30. The van der Waals surface area contributed by atoms with Gasteiger partial charge in [-0.15, -0.1) is 0 Å². The fourth-order valence-electron chi connectivity index (χ4n) is 3.60. The Balaban J connectivity index is 1.28. The average Bonchev–Trinajstić information content (AvgIpc) is 3.25. The minimum atomic E-state index is 0.222. The molecule has 0 atom stereocenters. The van der Waals surface area contributed by atoms with Gasteiger partial charge < -0.3 is 14.8 Å². The number of carbonyl (C=O) groups is 1. The zero-order valence-electron chi connectivity index (χ0n) is 15.3. The fraction of sp³-hybridized carbons (Fsp3) is 0.273. The second-order valence-electron chi connectivity index (χ2n) is 6.86. The molecular weight excluding hydrogens is 336 g/mol. The van der Waals surface area contributed by atoms with E-state index in [0.717, 1.165) is 31.7 Å². The van der Waals surface area contributed by atoms with Crippen LogP contribution in [-0.2, 0) is 24.3 Å². The molecule has 0 radical (unpaired) electrons. The monoisotopic (exact) mass is 360 g/mol. The lowest BCUT2D eigenvalue weighted by molar-refractivity contribution is -0.132. The Morgan fingerprint density at radius 3 is 2.74 bits per heavy atom. The van der Waals surface area contributed by atoms with Gasteiger partial charge in [0.05, 0.1) is 12.0 Å². The first kappa shape index (κ1) is 17.5. The number of fused-ring (bicyclic) bond motifs is 1. The summed E-state index contributed by atoms with van der Waals surface area (Å²) in [7, 11) is 0. The molecule has 3 aromatic rings. The van der Waals surface area contributed by atoms with Crippen LogP contribution in [0.2, 0.25) is 0 Å². The van der Waals surface area contributed by atoms with E-state index in [1.807, 2.05) is 33.9 Å². The van der Waals surface area contributed by atoms with Crippen LogP contribution in [0.25, 0.3) is 5.69 Å². The van der Waals surface area contributed by atoms with Gasteiger partial charge in [0, 0.05) is 45.0 Å². The van der Waals surface area contributed by atoms with Gasteiger partial charge in [-0.25, -0.2) is 4.98 Å². The standard InChI is InChI=1S/C22H24N4O/c27-22(25-13-10-18-5-1-2-7-20(18)16-25)9-11-23-15-19-6-3-4-8-21(19)26-14-12-24-17-26/h1-8,12,14,17,23H,9-11,13,15-16H2. The van der Waals surface area contributed by atoms with Gasteiger partial charge in [-0.05, 0) is 29.2 Å². The van der Waals surface area contributed by atoms with Gasteiger partial charge in [-0.2, -0.15) is 0 Å². The summed E-state index contributed by atoms with van der Waals surface area (Å²) in [5.41, 5.74) is 4.95. The molecule has 138 valence electrons. The van der Waals surface area contributed by atoms with Crippen LogP contribution in [0.3, 0.4) is 0 Å². The highest BCUT2D eigenvalue weighted by Gasteiger charge is 2.19. The highest BCUT2D eigenvalue weighted by atomic mass is 16.2. The van der Waals surface area contributed by atoms with Crippen LogP contribution in [0.4, 0.5) is 0 Å². The predicted octanol–water partition coefficient (Wildman–Crippen LogP) is 2.94. The molecule has 1 N–H and O–H groups in total. The number of imidazole rings is 1. The van der Waals surface area contributed by atoms with Crippen LogP contribution < -0.4 is 5.32 Å². The average molecular weight is 360 g/mol. The summed E-state index contributed by atoms with van der Waals surface area (Å²) in [4.78, 5) is 18.6. The molecule has 5 heteroatoms. The molecule has 5 nitrogen and oxygen atoms in total. The fourth-order valence-corrected chi connectivity index (χ4v) is 3.60. The van der Waals surface area contributed by atoms with Crippen molar-refractivity contribution in [3.05, 3.63) is 83.9 Å². The van der Waals surface area contributed by atoms with E-state index in [0.29, 0.717) is 13.0 Å². The Labute approximate surface area is 159 Å². The topological polar surface area (TPSA) is 50.2 Å². The maximum atomic E-state index is 12.5. The molecule has 4 rings (SSSR count). The Morgan fingerprint density at radius 2 is 1.89 bits per heavy atom. The van der Waals surface area contributed by atoms with E-state index in [1.165, 1.54) is 16.7 Å². The van der Waals surface area contributed by atoms with E-state index in [4.69, 9.17) is 0 Å². The predicted molar refractivity (Wildman–Crippen MR) is 105 cm³/mol. The second-order valence-corrected chi connectivity index (χ2v) is 6.86. The normalized spacial score (nSPS) is 13.4. The van der Waals surface area contributed by atoms with E-state index in [1.54, 1.807) is 12.5 Å². The van der Waals surface area contributed by atoms with Crippen molar-refractivity contribution in [2.45, 2.75) is 25.9 Å². The third-order valence-electron chi connectivity index (χ3n) is 5.09. The number of rotatable bonds is 6. The second kappa shape index (κ2) is 8.18. The van der Waals surface area contributed by atoms with E-state index in [9.17, 15) is 4.79 Å². The number of nitrogens with zero attached hydrogens (tertiary/aromatic N) is 3. The van der Waals surface area contributed by atoms with Gasteiger partial charge in [0.2, 0.25) is 5.91 Å². The number of aromatic nitrogens is 2. The molecule has 2 heterocycles. The van der Waals surface area contributed by atoms with Crippen molar-refractivity contribution >= 4 is 5.91 Å². The summed E-state index contributed by atoms with van der Waals surface area (Å²) in [5, 5.41) is 3.41. The molecule has 27 heavy (non-hydrogen) atoms. The van der Waals surface area contributed by atoms with Gasteiger partial charge >= 0.3 is 0 Å². The zero-order valence-corrected chi connectivity index (χ0v) is 15.3. The van der Waals surface area contributed by atoms with Crippen molar-refractivity contribution in [1.82, 2.24) is 19.8 Å². The first-order valence-corrected chi connectivity index (χ1v) is 9.43. The third kappa shape index (κ3) is 4.09. The van der Waals surface area contributed by atoms with Gasteiger partial charge in [0.15, 0.2) is 0 Å². The molecule has 1 amide bonds. The van der Waals surface area contributed by atoms with Gasteiger partial charge in [-0.3, -0.25) is 4.79 Å². The van der Waals surface area contributed by atoms with E-state index >= 15 is 0 Å². The van der Waals surface area contributed by atoms with Crippen molar-refractivity contribution in [2.24, 2.45) is 0 Å². The SMILES string of the molecule is O=C(CCNCc1ccccc1-n1ccnc1)N1CCc2ccccc2C1. The Morgan fingerprint density at radius 1 is 1.07 bits per heavy atom. The summed E-state index contributed by atoms with van der Waals surface area (Å²) < 4.78 is 2.01. The van der Waals surface area contributed by atoms with Gasteiger partial charge in [0.1, 0.15) is 0 Å². The summed E-state index contributed by atoms with van der Waals surface area (Å²) in [6, 6.07) is 16.6. The number of benzene rings is 2. The van der Waals surface area contributed by atoms with Gasteiger partial charge in [0.25, 0.3) is 0 Å². The van der Waals surface area contributed by atoms with Crippen LogP contribution >= 0.6 is 0 Å². The number of amides is 1. The first-order chi connectivity index (χ1) is 13.3. The summed E-state index contributed by atoms with van der Waals surface area (Å²) in [6.45, 7) is 2.96. The molecule has 2 aromatic carbocycles. The Bertz CT molecular complexity index is 904. The number of hydrogen-bond donors (Lipinski definition) is 1. The van der Waals surface area contributed by atoms with Crippen molar-refractivity contribution in [3.8, 4) is 5.69 Å². The lowest BCUT2D eigenvalue weighted by atomic mass is 10.00. The molecule has 1 aliphatic rings. The maximum absolute atomic E-state index is 12.5. The highest BCUT2D eigenvalue weighted by Crippen LogP contribution is 2.19. The lowest BCUT2D eigenvalue weighted by Crippen LogP contribution is -2.37. The molecule has 1 aromatic heterocycles. The quantitative estimate of drug-likeness (QED) is 0.688. The van der Waals surface area contributed by atoms with E-state index < -0.39 is 0 Å². The molecule has 0 saturated heterocycles. The number of carbonyl (C=O) groups excluding carboxylic acids is 1. The summed E-state index contributed by atoms with van der Waals surface area (Å²) >= 11 is 0. The van der Waals surface area contributed by atoms with Gasteiger partial charge in [-0.1, -0.05) is 42.5 Å². The highest BCUT2D eigenvalue weighted by molar-refractivity contribution is 5.76. The van der Waals surface area contributed by atoms with E-state index in [-0.39, 0.29) is 5.91 Å². The van der Waals surface area contributed by atoms with Crippen LogP contribution in [0.1, 0.15) is 23.1 Å².